The van der Waals surface area contributed by atoms with E-state index >= 15 is 0 Å². The molecule has 0 spiro atoms. The molecule has 1 aliphatic heterocycles. The molecule has 1 aromatic heterocycles. The summed E-state index contributed by atoms with van der Waals surface area (Å²) in [7, 11) is 0. The summed E-state index contributed by atoms with van der Waals surface area (Å²) in [5, 5.41) is 12.7. The lowest BCUT2D eigenvalue weighted by Crippen LogP contribution is -2.53. The predicted molar refractivity (Wildman–Crippen MR) is 136 cm³/mol. The number of fused-ring (bicyclic) bond motifs is 1. The number of anilines is 1. The normalized spacial score (nSPS) is 28.7. The van der Waals surface area contributed by atoms with Gasteiger partial charge in [0.1, 0.15) is 0 Å². The largest absolute Gasteiger partial charge is 0.348 e. The average molecular weight is 494 g/mol. The van der Waals surface area contributed by atoms with E-state index in [4.69, 9.17) is 0 Å². The topological polar surface area (TPSA) is 80.1 Å². The van der Waals surface area contributed by atoms with Gasteiger partial charge in [-0.2, -0.15) is 0 Å². The average Bonchev–Trinajstić information content (AvgIpc) is 3.26. The first-order chi connectivity index (χ1) is 17.0. The van der Waals surface area contributed by atoms with Crippen molar-refractivity contribution in [3.63, 3.8) is 0 Å². The number of aryl methyl sites for hydroxylation is 1. The SMILES string of the molecule is CCn1c(CNC(=O)C23CC4CC(CC(C4)C2)C3)nnc1SCC(=O)N1CCCc2ccccc21. The van der Waals surface area contributed by atoms with E-state index in [1.54, 1.807) is 0 Å². The van der Waals surface area contributed by atoms with Gasteiger partial charge >= 0.3 is 0 Å². The van der Waals surface area contributed by atoms with Crippen LogP contribution in [-0.4, -0.2) is 38.9 Å². The number of benzene rings is 1. The Kier molecular flexibility index (Phi) is 6.11. The maximum absolute atomic E-state index is 13.3. The van der Waals surface area contributed by atoms with Crippen molar-refractivity contribution in [3.8, 4) is 0 Å². The zero-order chi connectivity index (χ0) is 24.0. The summed E-state index contributed by atoms with van der Waals surface area (Å²) in [5.41, 5.74) is 2.13. The Hall–Kier alpha value is -2.35. The highest BCUT2D eigenvalue weighted by atomic mass is 32.2. The van der Waals surface area contributed by atoms with Crippen LogP contribution in [0.5, 0.6) is 0 Å². The van der Waals surface area contributed by atoms with Crippen molar-refractivity contribution in [2.24, 2.45) is 23.2 Å². The number of carbonyl (C=O) groups is 2. The molecule has 1 aromatic carbocycles. The van der Waals surface area contributed by atoms with E-state index in [1.165, 1.54) is 36.6 Å². The third-order valence-electron chi connectivity index (χ3n) is 8.77. The van der Waals surface area contributed by atoms with Crippen molar-refractivity contribution in [2.75, 3.05) is 17.2 Å². The molecule has 1 N–H and O–H groups in total. The number of aromatic nitrogens is 3. The maximum Gasteiger partial charge on any atom is 0.237 e. The lowest BCUT2D eigenvalue weighted by Gasteiger charge is -2.55. The quantitative estimate of drug-likeness (QED) is 0.585. The number of nitrogens with zero attached hydrogens (tertiary/aromatic N) is 4. The summed E-state index contributed by atoms with van der Waals surface area (Å²) in [6.45, 7) is 3.92. The number of rotatable bonds is 7. The van der Waals surface area contributed by atoms with Gasteiger partial charge in [-0.05, 0) is 87.7 Å². The summed E-state index contributed by atoms with van der Waals surface area (Å²) in [6, 6.07) is 8.18. The lowest BCUT2D eigenvalue weighted by molar-refractivity contribution is -0.146. The second-order valence-electron chi connectivity index (χ2n) is 11.1. The molecular weight excluding hydrogens is 458 g/mol. The van der Waals surface area contributed by atoms with E-state index in [2.05, 4.69) is 28.5 Å². The van der Waals surface area contributed by atoms with Crippen molar-refractivity contribution < 1.29 is 9.59 Å². The third kappa shape index (κ3) is 4.28. The van der Waals surface area contributed by atoms with Crippen molar-refractivity contribution in [3.05, 3.63) is 35.7 Å². The fourth-order valence-corrected chi connectivity index (χ4v) is 8.50. The standard InChI is InChI=1S/C27H35N5O2S/c1-2-31-23(16-28-25(34)27-13-18-10-19(14-27)12-20(11-18)15-27)29-30-26(31)35-17-24(33)32-9-5-7-21-6-3-4-8-22(21)32/h3-4,6,8,18-20H,2,5,7,9-17H2,1H3,(H,28,34). The highest BCUT2D eigenvalue weighted by molar-refractivity contribution is 7.99. The maximum atomic E-state index is 13.3. The number of amides is 2. The summed E-state index contributed by atoms with van der Waals surface area (Å²) in [6.07, 6.45) is 9.20. The predicted octanol–water partition coefficient (Wildman–Crippen LogP) is 4.20. The van der Waals surface area contributed by atoms with Crippen LogP contribution < -0.4 is 10.2 Å². The number of nitrogens with one attached hydrogen (secondary N) is 1. The summed E-state index contributed by atoms with van der Waals surface area (Å²) < 4.78 is 2.03. The summed E-state index contributed by atoms with van der Waals surface area (Å²) in [4.78, 5) is 28.3. The van der Waals surface area contributed by atoms with Crippen LogP contribution in [0.4, 0.5) is 5.69 Å². The molecule has 4 fully saturated rings. The van der Waals surface area contributed by atoms with Crippen LogP contribution in [0.3, 0.4) is 0 Å². The van der Waals surface area contributed by atoms with Crippen molar-refractivity contribution in [1.29, 1.82) is 0 Å². The minimum Gasteiger partial charge on any atom is -0.348 e. The molecule has 7 nitrogen and oxygen atoms in total. The van der Waals surface area contributed by atoms with E-state index in [-0.39, 0.29) is 17.2 Å². The Morgan fingerprint density at radius 1 is 1.09 bits per heavy atom. The van der Waals surface area contributed by atoms with Gasteiger partial charge in [0.25, 0.3) is 0 Å². The van der Waals surface area contributed by atoms with Crippen LogP contribution >= 0.6 is 11.8 Å². The molecule has 4 saturated carbocycles. The van der Waals surface area contributed by atoms with Gasteiger partial charge in [-0.25, -0.2) is 0 Å². The molecule has 2 aromatic rings. The number of hydrogen-bond acceptors (Lipinski definition) is 5. The van der Waals surface area contributed by atoms with E-state index in [0.717, 1.165) is 73.1 Å². The highest BCUT2D eigenvalue weighted by Gasteiger charge is 2.54. The zero-order valence-electron chi connectivity index (χ0n) is 20.5. The smallest absolute Gasteiger partial charge is 0.237 e. The molecule has 4 aliphatic carbocycles. The first kappa shape index (κ1) is 23.1. The van der Waals surface area contributed by atoms with Gasteiger partial charge < -0.3 is 14.8 Å². The molecule has 2 heterocycles. The molecule has 186 valence electrons. The molecule has 0 radical (unpaired) electrons. The van der Waals surface area contributed by atoms with Gasteiger partial charge in [-0.3, -0.25) is 9.59 Å². The first-order valence-electron chi connectivity index (χ1n) is 13.3. The van der Waals surface area contributed by atoms with Crippen LogP contribution in [-0.2, 0) is 29.1 Å². The second-order valence-corrected chi connectivity index (χ2v) is 12.0. The van der Waals surface area contributed by atoms with Crippen LogP contribution in [0.1, 0.15) is 63.3 Å². The van der Waals surface area contributed by atoms with Crippen molar-refractivity contribution >= 4 is 29.3 Å². The fraction of sp³-hybridized carbons (Fsp3) is 0.630. The van der Waals surface area contributed by atoms with Gasteiger partial charge in [-0.15, -0.1) is 10.2 Å². The van der Waals surface area contributed by atoms with Crippen LogP contribution in [0.2, 0.25) is 0 Å². The third-order valence-corrected chi connectivity index (χ3v) is 9.72. The van der Waals surface area contributed by atoms with Crippen LogP contribution in [0.25, 0.3) is 0 Å². The second kappa shape index (κ2) is 9.26. The van der Waals surface area contributed by atoms with E-state index < -0.39 is 0 Å². The number of carbonyl (C=O) groups excluding carboxylic acids is 2. The first-order valence-corrected chi connectivity index (χ1v) is 14.2. The number of thioether (sulfide) groups is 1. The minimum atomic E-state index is -0.152. The van der Waals surface area contributed by atoms with E-state index in [0.29, 0.717) is 18.8 Å². The Labute approximate surface area is 211 Å². The molecule has 4 bridgehead atoms. The highest BCUT2D eigenvalue weighted by Crippen LogP contribution is 2.60. The minimum absolute atomic E-state index is 0.101. The Balaban J connectivity index is 1.08. The molecule has 5 aliphatic rings. The van der Waals surface area contributed by atoms with Gasteiger partial charge in [0.15, 0.2) is 11.0 Å². The lowest BCUT2D eigenvalue weighted by atomic mass is 9.49. The number of para-hydroxylation sites is 1. The molecule has 7 rings (SSSR count). The molecule has 2 amide bonds. The van der Waals surface area contributed by atoms with E-state index in [9.17, 15) is 9.59 Å². The monoisotopic (exact) mass is 493 g/mol. The molecule has 35 heavy (non-hydrogen) atoms. The van der Waals surface area contributed by atoms with Gasteiger partial charge in [-0.1, -0.05) is 30.0 Å². The van der Waals surface area contributed by atoms with Gasteiger partial charge in [0.05, 0.1) is 12.3 Å². The Morgan fingerprint density at radius 2 is 1.80 bits per heavy atom. The van der Waals surface area contributed by atoms with Crippen molar-refractivity contribution in [1.82, 2.24) is 20.1 Å². The zero-order valence-corrected chi connectivity index (χ0v) is 21.4. The molecule has 8 heteroatoms. The van der Waals surface area contributed by atoms with Crippen molar-refractivity contribution in [2.45, 2.75) is 76.5 Å². The van der Waals surface area contributed by atoms with Gasteiger partial charge in [0, 0.05) is 24.2 Å². The number of hydrogen-bond donors (Lipinski definition) is 1. The molecule has 0 atom stereocenters. The fourth-order valence-electron chi connectivity index (χ4n) is 7.61. The summed E-state index contributed by atoms with van der Waals surface area (Å²) in [5.74, 6) is 3.66. The summed E-state index contributed by atoms with van der Waals surface area (Å²) >= 11 is 1.44. The Bertz CT molecular complexity index is 1090. The molecular formula is C27H35N5O2S. The Morgan fingerprint density at radius 3 is 2.51 bits per heavy atom. The van der Waals surface area contributed by atoms with Crippen LogP contribution in [0, 0.1) is 23.2 Å². The molecule has 0 saturated heterocycles. The van der Waals surface area contributed by atoms with Crippen LogP contribution in [0.15, 0.2) is 29.4 Å². The van der Waals surface area contributed by atoms with E-state index in [1.807, 2.05) is 27.7 Å². The van der Waals surface area contributed by atoms with Gasteiger partial charge in [0.2, 0.25) is 11.8 Å². The molecule has 0 unspecified atom stereocenters.